The molecular formula is C30H35Cl2N5O2S. The second-order valence-corrected chi connectivity index (χ2v) is 14.8. The van der Waals surface area contributed by atoms with E-state index >= 15 is 0 Å². The van der Waals surface area contributed by atoms with Crippen LogP contribution in [0.5, 0.6) is 0 Å². The first-order valence-electron chi connectivity index (χ1n) is 14.2. The normalized spacial score (nSPS) is 25.4. The van der Waals surface area contributed by atoms with E-state index < -0.39 is 10.0 Å². The first kappa shape index (κ1) is 27.8. The Balaban J connectivity index is 1.17. The van der Waals surface area contributed by atoms with Crippen molar-refractivity contribution < 1.29 is 8.42 Å². The van der Waals surface area contributed by atoms with Crippen molar-refractivity contribution in [1.29, 1.82) is 5.26 Å². The highest BCUT2D eigenvalue weighted by atomic mass is 35.5. The maximum Gasteiger partial charge on any atom is 0.211 e. The molecule has 2 aromatic carbocycles. The number of benzene rings is 2. The van der Waals surface area contributed by atoms with Gasteiger partial charge in [-0.3, -0.25) is 0 Å². The van der Waals surface area contributed by atoms with Crippen LogP contribution < -0.4 is 4.90 Å². The van der Waals surface area contributed by atoms with Crippen molar-refractivity contribution in [3.05, 3.63) is 57.6 Å². The highest BCUT2D eigenvalue weighted by Crippen LogP contribution is 2.63. The first-order valence-corrected chi connectivity index (χ1v) is 16.8. The molecule has 1 unspecified atom stereocenters. The third kappa shape index (κ3) is 5.46. The van der Waals surface area contributed by atoms with E-state index in [-0.39, 0.29) is 5.41 Å². The van der Waals surface area contributed by atoms with Gasteiger partial charge >= 0.3 is 0 Å². The van der Waals surface area contributed by atoms with E-state index in [0.29, 0.717) is 41.0 Å². The van der Waals surface area contributed by atoms with Crippen LogP contribution >= 0.6 is 23.2 Å². The van der Waals surface area contributed by atoms with E-state index in [1.54, 1.807) is 4.31 Å². The fraction of sp³-hybridized carbons (Fsp3) is 0.533. The van der Waals surface area contributed by atoms with Crippen molar-refractivity contribution in [2.75, 3.05) is 30.8 Å². The molecule has 3 aromatic rings. The first-order chi connectivity index (χ1) is 19.2. The average Bonchev–Trinajstić information content (AvgIpc) is 3.56. The van der Waals surface area contributed by atoms with Crippen molar-refractivity contribution in [2.45, 2.75) is 62.8 Å². The molecule has 1 N–H and O–H groups in total. The Morgan fingerprint density at radius 1 is 1.18 bits per heavy atom. The topological polar surface area (TPSA) is 93.1 Å². The lowest BCUT2D eigenvalue weighted by Crippen LogP contribution is -2.41. The number of imidazole rings is 1. The van der Waals surface area contributed by atoms with Crippen LogP contribution in [0.4, 0.5) is 5.95 Å². The number of nitrogens with zero attached hydrogens (tertiary/aromatic N) is 4. The molecule has 40 heavy (non-hydrogen) atoms. The second kappa shape index (κ2) is 10.8. The Kier molecular flexibility index (Phi) is 7.54. The minimum Gasteiger partial charge on any atom is -0.339 e. The number of piperidine rings is 1. The number of nitrogens with one attached hydrogen (secondary N) is 1. The maximum absolute atomic E-state index is 11.9. The summed E-state index contributed by atoms with van der Waals surface area (Å²) in [5, 5.41) is 10.4. The van der Waals surface area contributed by atoms with Gasteiger partial charge in [-0.1, -0.05) is 35.3 Å². The largest absolute Gasteiger partial charge is 0.339 e. The third-order valence-electron chi connectivity index (χ3n) is 9.56. The Labute approximate surface area is 246 Å². The number of rotatable bonds is 8. The molecule has 3 aliphatic rings. The zero-order valence-corrected chi connectivity index (χ0v) is 25.1. The summed E-state index contributed by atoms with van der Waals surface area (Å²) < 4.78 is 25.4. The van der Waals surface area contributed by atoms with Crippen LogP contribution in [-0.4, -0.2) is 54.6 Å². The van der Waals surface area contributed by atoms with Gasteiger partial charge in [0.25, 0.3) is 0 Å². The van der Waals surface area contributed by atoms with Crippen LogP contribution in [0.15, 0.2) is 36.4 Å². The number of halogens is 2. The van der Waals surface area contributed by atoms with Crippen LogP contribution in [0.1, 0.15) is 62.5 Å². The molecule has 6 rings (SSSR count). The number of H-pyrrole nitrogens is 1. The highest BCUT2D eigenvalue weighted by Gasteiger charge is 2.58. The summed E-state index contributed by atoms with van der Waals surface area (Å²) in [6.07, 6.45) is 9.70. The minimum atomic E-state index is -3.11. The summed E-state index contributed by atoms with van der Waals surface area (Å²) in [4.78, 5) is 10.9. The fourth-order valence-electron chi connectivity index (χ4n) is 7.21. The monoisotopic (exact) mass is 599 g/mol. The van der Waals surface area contributed by atoms with Gasteiger partial charge in [-0.2, -0.15) is 5.26 Å². The van der Waals surface area contributed by atoms with Gasteiger partial charge in [0.1, 0.15) is 0 Å². The lowest BCUT2D eigenvalue weighted by Gasteiger charge is -2.37. The van der Waals surface area contributed by atoms with Gasteiger partial charge in [-0.25, -0.2) is 17.7 Å². The molecule has 3 atom stereocenters. The summed E-state index contributed by atoms with van der Waals surface area (Å²) in [7, 11) is -3.11. The highest BCUT2D eigenvalue weighted by molar-refractivity contribution is 7.88. The van der Waals surface area contributed by atoms with Crippen molar-refractivity contribution in [3.63, 3.8) is 0 Å². The average molecular weight is 601 g/mol. The van der Waals surface area contributed by atoms with Crippen molar-refractivity contribution in [1.82, 2.24) is 14.3 Å². The van der Waals surface area contributed by atoms with E-state index in [0.717, 1.165) is 74.0 Å². The molecule has 1 aromatic heterocycles. The molecule has 2 saturated carbocycles. The molecule has 1 aliphatic heterocycles. The van der Waals surface area contributed by atoms with Gasteiger partial charge < -0.3 is 9.88 Å². The molecule has 2 aliphatic carbocycles. The lowest BCUT2D eigenvalue weighted by atomic mass is 9.80. The Morgan fingerprint density at radius 3 is 2.67 bits per heavy atom. The summed E-state index contributed by atoms with van der Waals surface area (Å²) in [5.74, 6) is 2.02. The van der Waals surface area contributed by atoms with Crippen molar-refractivity contribution >= 4 is 50.2 Å². The van der Waals surface area contributed by atoms with Crippen LogP contribution in [0.2, 0.25) is 10.0 Å². The van der Waals surface area contributed by atoms with E-state index in [9.17, 15) is 13.7 Å². The van der Waals surface area contributed by atoms with Gasteiger partial charge in [0, 0.05) is 25.7 Å². The van der Waals surface area contributed by atoms with Crippen LogP contribution in [-0.2, 0) is 15.4 Å². The molecular weight excluding hydrogens is 565 g/mol. The summed E-state index contributed by atoms with van der Waals surface area (Å²) in [6, 6.07) is 14.5. The van der Waals surface area contributed by atoms with Gasteiger partial charge in [0.2, 0.25) is 16.0 Å². The predicted molar refractivity (Wildman–Crippen MR) is 160 cm³/mol. The summed E-state index contributed by atoms with van der Waals surface area (Å²) in [5.41, 5.74) is 3.95. The molecule has 2 heterocycles. The van der Waals surface area contributed by atoms with Crippen molar-refractivity contribution in [2.24, 2.45) is 11.8 Å². The zero-order chi connectivity index (χ0) is 28.1. The second-order valence-electron chi connectivity index (χ2n) is 12.0. The number of fused-ring (bicyclic) bond motifs is 2. The summed E-state index contributed by atoms with van der Waals surface area (Å²) in [6.45, 7) is 2.14. The summed E-state index contributed by atoms with van der Waals surface area (Å²) >= 11 is 12.6. The number of hydrogen-bond acceptors (Lipinski definition) is 5. The van der Waals surface area contributed by atoms with Crippen LogP contribution in [0.25, 0.3) is 11.0 Å². The molecule has 0 radical (unpaired) electrons. The zero-order valence-electron chi connectivity index (χ0n) is 22.7. The van der Waals surface area contributed by atoms with Crippen LogP contribution in [0.3, 0.4) is 0 Å². The Morgan fingerprint density at radius 2 is 1.95 bits per heavy atom. The number of aromatic amines is 1. The molecule has 3 fully saturated rings. The van der Waals surface area contributed by atoms with E-state index in [2.05, 4.69) is 28.1 Å². The van der Waals surface area contributed by atoms with E-state index in [1.165, 1.54) is 18.2 Å². The number of anilines is 1. The van der Waals surface area contributed by atoms with E-state index in [4.69, 9.17) is 28.2 Å². The Hall–Kier alpha value is -2.31. The number of nitriles is 1. The number of hydrogen-bond donors (Lipinski definition) is 1. The fourth-order valence-corrected chi connectivity index (χ4v) is 8.41. The molecule has 0 bridgehead atoms. The SMILES string of the molecule is CS(=O)(=O)N1CCC(CCCN(c2nc3cc(Cl)c(Cl)cc3[nH]2)[C@@H]2CC[C@]3(c4cccc(C#N)c4)CC3C2)CC1. The van der Waals surface area contributed by atoms with Gasteiger partial charge in [-0.15, -0.1) is 0 Å². The smallest absolute Gasteiger partial charge is 0.211 e. The number of aromatic nitrogens is 2. The van der Waals surface area contributed by atoms with Gasteiger partial charge in [0.15, 0.2) is 0 Å². The molecule has 0 spiro atoms. The van der Waals surface area contributed by atoms with Crippen LogP contribution in [0, 0.1) is 23.2 Å². The minimum absolute atomic E-state index is 0.206. The number of sulfonamides is 1. The maximum atomic E-state index is 11.9. The molecule has 10 heteroatoms. The predicted octanol–water partition coefficient (Wildman–Crippen LogP) is 6.51. The third-order valence-corrected chi connectivity index (χ3v) is 11.6. The van der Waals surface area contributed by atoms with Crippen molar-refractivity contribution in [3.8, 4) is 6.07 Å². The molecule has 212 valence electrons. The van der Waals surface area contributed by atoms with Gasteiger partial charge in [-0.05, 0) is 98.4 Å². The molecule has 1 saturated heterocycles. The Bertz CT molecular complexity index is 1520. The quantitative estimate of drug-likeness (QED) is 0.318. The van der Waals surface area contributed by atoms with Gasteiger partial charge in [0.05, 0.1) is 39.0 Å². The standard InChI is InChI=1S/C30H35Cl2N5O2S/c1-40(38,39)36-12-8-20(9-13-36)5-3-11-37(29-34-27-16-25(31)26(32)17-28(27)35-29)24-7-10-30(18-23(30)15-24)22-6-2-4-21(14-22)19-33/h2,4,6,14,16-17,20,23-24H,3,5,7-13,15,18H2,1H3,(H,34,35)/t23?,24-,30-/m1/s1. The van der Waals surface area contributed by atoms with E-state index in [1.807, 2.05) is 24.3 Å². The molecule has 0 amide bonds. The lowest BCUT2D eigenvalue weighted by molar-refractivity contribution is 0.260. The molecule has 7 nitrogen and oxygen atoms in total.